The maximum absolute atomic E-state index is 5.35. The quantitative estimate of drug-likeness (QED) is 0.505. The van der Waals surface area contributed by atoms with Gasteiger partial charge in [0.1, 0.15) is 0 Å². The molecule has 19 heavy (non-hydrogen) atoms. The second-order valence-electron chi connectivity index (χ2n) is 4.55. The largest absolute Gasteiger partial charge is 0.381 e. The van der Waals surface area contributed by atoms with Gasteiger partial charge < -0.3 is 14.5 Å². The minimum Gasteiger partial charge on any atom is -0.381 e. The van der Waals surface area contributed by atoms with Crippen LogP contribution in [0.3, 0.4) is 0 Å². The Morgan fingerprint density at radius 2 is 2.32 bits per heavy atom. The van der Waals surface area contributed by atoms with Gasteiger partial charge in [0.15, 0.2) is 0 Å². The zero-order chi connectivity index (χ0) is 14.1. The van der Waals surface area contributed by atoms with Gasteiger partial charge in [-0.1, -0.05) is 6.58 Å². The molecular formula is C15H26N2O2. The molecule has 1 heterocycles. The number of hydrogen-bond donors (Lipinski definition) is 2. The zero-order valence-electron chi connectivity index (χ0n) is 12.3. The molecule has 0 bridgehead atoms. The van der Waals surface area contributed by atoms with Crippen LogP contribution in [0.1, 0.15) is 30.7 Å². The summed E-state index contributed by atoms with van der Waals surface area (Å²) in [5.74, 6) is 0. The predicted molar refractivity (Wildman–Crippen MR) is 79.3 cm³/mol. The highest BCUT2D eigenvalue weighted by Crippen LogP contribution is 2.18. The molecule has 4 nitrogen and oxygen atoms in total. The molecule has 1 atom stereocenters. The van der Waals surface area contributed by atoms with Gasteiger partial charge in [-0.3, -0.25) is 5.32 Å². The van der Waals surface area contributed by atoms with E-state index in [0.717, 1.165) is 31.7 Å². The molecule has 1 aromatic heterocycles. The molecule has 1 aromatic rings. The highest BCUT2D eigenvalue weighted by atomic mass is 16.5. The van der Waals surface area contributed by atoms with Crippen molar-refractivity contribution in [3.8, 4) is 0 Å². The van der Waals surface area contributed by atoms with Crippen LogP contribution >= 0.6 is 0 Å². The first-order chi connectivity index (χ1) is 9.22. The molecule has 0 fully saturated rings. The smallest absolute Gasteiger partial charge is 0.0965 e. The van der Waals surface area contributed by atoms with Gasteiger partial charge in [0.05, 0.1) is 12.8 Å². The van der Waals surface area contributed by atoms with E-state index in [1.165, 1.54) is 11.1 Å². The Labute approximate surface area is 116 Å². The van der Waals surface area contributed by atoms with Gasteiger partial charge in [-0.2, -0.15) is 0 Å². The molecule has 0 saturated carbocycles. The predicted octanol–water partition coefficient (Wildman–Crippen LogP) is 2.36. The lowest BCUT2D eigenvalue weighted by Gasteiger charge is -2.12. The number of aromatic amines is 1. The summed E-state index contributed by atoms with van der Waals surface area (Å²) in [5, 5.41) is 3.26. The van der Waals surface area contributed by atoms with Gasteiger partial charge in [-0.05, 0) is 37.5 Å². The first kappa shape index (κ1) is 16.0. The minimum absolute atomic E-state index is 0.213. The summed E-state index contributed by atoms with van der Waals surface area (Å²) in [6, 6.07) is 0. The lowest BCUT2D eigenvalue weighted by atomic mass is 10.0. The molecule has 0 aliphatic carbocycles. The Bertz CT molecular complexity index is 374. The van der Waals surface area contributed by atoms with E-state index >= 15 is 0 Å². The average Bonchev–Trinajstić information content (AvgIpc) is 2.80. The normalized spacial score (nSPS) is 12.6. The van der Waals surface area contributed by atoms with Gasteiger partial charge in [-0.15, -0.1) is 0 Å². The summed E-state index contributed by atoms with van der Waals surface area (Å²) in [4.78, 5) is 3.27. The van der Waals surface area contributed by atoms with Crippen LogP contribution in [0.15, 0.2) is 12.8 Å². The molecule has 4 heteroatoms. The second-order valence-corrected chi connectivity index (χ2v) is 4.55. The fraction of sp³-hybridized carbons (Fsp3) is 0.600. The molecule has 0 aliphatic rings. The minimum atomic E-state index is 0.213. The Hall–Kier alpha value is -1.10. The monoisotopic (exact) mass is 266 g/mol. The Balaban J connectivity index is 2.56. The third-order valence-electron chi connectivity index (χ3n) is 3.19. The van der Waals surface area contributed by atoms with Crippen molar-refractivity contribution in [2.75, 3.05) is 27.0 Å². The van der Waals surface area contributed by atoms with Crippen molar-refractivity contribution in [2.45, 2.75) is 32.8 Å². The maximum Gasteiger partial charge on any atom is 0.0965 e. The van der Waals surface area contributed by atoms with E-state index in [1.54, 1.807) is 7.11 Å². The number of methoxy groups -OCH3 is 1. The Morgan fingerprint density at radius 3 is 2.95 bits per heavy atom. The lowest BCUT2D eigenvalue weighted by molar-refractivity contribution is 0.118. The van der Waals surface area contributed by atoms with Crippen LogP contribution in [0.5, 0.6) is 0 Å². The molecule has 0 radical (unpaired) electrons. The Morgan fingerprint density at radius 1 is 1.53 bits per heavy atom. The SMILES string of the molecule is C=Cc1[nH]cc(CCNCOCC)c1CC(C)OC. The fourth-order valence-electron chi connectivity index (χ4n) is 2.00. The number of rotatable bonds is 10. The first-order valence-corrected chi connectivity index (χ1v) is 6.85. The number of aromatic nitrogens is 1. The fourth-order valence-corrected chi connectivity index (χ4v) is 2.00. The third-order valence-corrected chi connectivity index (χ3v) is 3.19. The Kier molecular flexibility index (Phi) is 7.48. The summed E-state index contributed by atoms with van der Waals surface area (Å²) >= 11 is 0. The van der Waals surface area contributed by atoms with Crippen molar-refractivity contribution in [3.63, 3.8) is 0 Å². The van der Waals surface area contributed by atoms with Crippen LogP contribution in [-0.2, 0) is 22.3 Å². The number of hydrogen-bond acceptors (Lipinski definition) is 3. The lowest BCUT2D eigenvalue weighted by Crippen LogP contribution is -2.21. The van der Waals surface area contributed by atoms with Crippen molar-refractivity contribution in [3.05, 3.63) is 29.6 Å². The summed E-state index contributed by atoms with van der Waals surface area (Å²) < 4.78 is 10.6. The van der Waals surface area contributed by atoms with E-state index in [4.69, 9.17) is 9.47 Å². The maximum atomic E-state index is 5.35. The molecule has 2 N–H and O–H groups in total. The van der Waals surface area contributed by atoms with Gasteiger partial charge in [0, 0.05) is 38.6 Å². The van der Waals surface area contributed by atoms with Crippen LogP contribution in [0.2, 0.25) is 0 Å². The van der Waals surface area contributed by atoms with Gasteiger partial charge in [-0.25, -0.2) is 0 Å². The van der Waals surface area contributed by atoms with E-state index in [0.29, 0.717) is 6.73 Å². The van der Waals surface area contributed by atoms with E-state index in [1.807, 2.05) is 13.0 Å². The second kappa shape index (κ2) is 8.91. The summed E-state index contributed by atoms with van der Waals surface area (Å²) in [5.41, 5.74) is 3.73. The van der Waals surface area contributed by atoms with Crippen LogP contribution < -0.4 is 5.32 Å². The zero-order valence-corrected chi connectivity index (χ0v) is 12.3. The van der Waals surface area contributed by atoms with Gasteiger partial charge in [0.25, 0.3) is 0 Å². The van der Waals surface area contributed by atoms with Crippen molar-refractivity contribution < 1.29 is 9.47 Å². The highest BCUT2D eigenvalue weighted by Gasteiger charge is 2.12. The van der Waals surface area contributed by atoms with Crippen molar-refractivity contribution in [2.24, 2.45) is 0 Å². The van der Waals surface area contributed by atoms with Crippen LogP contribution in [0.25, 0.3) is 6.08 Å². The standard InChI is InChI=1S/C15H26N2O2/c1-5-15-14(9-12(3)18-4)13(10-17-15)7-8-16-11-19-6-2/h5,10,12,16-17H,1,6-9,11H2,2-4H3. The average molecular weight is 266 g/mol. The van der Waals surface area contributed by atoms with E-state index in [-0.39, 0.29) is 6.10 Å². The van der Waals surface area contributed by atoms with E-state index in [2.05, 4.69) is 30.0 Å². The number of H-pyrrole nitrogens is 1. The molecule has 108 valence electrons. The van der Waals surface area contributed by atoms with Crippen LogP contribution in [0.4, 0.5) is 0 Å². The summed E-state index contributed by atoms with van der Waals surface area (Å²) in [7, 11) is 1.74. The molecule has 0 aliphatic heterocycles. The third kappa shape index (κ3) is 5.19. The topological polar surface area (TPSA) is 46.3 Å². The van der Waals surface area contributed by atoms with Crippen molar-refractivity contribution in [1.82, 2.24) is 10.3 Å². The molecule has 0 amide bonds. The molecule has 1 unspecified atom stereocenters. The van der Waals surface area contributed by atoms with E-state index in [9.17, 15) is 0 Å². The molecule has 0 saturated heterocycles. The molecule has 1 rings (SSSR count). The molecular weight excluding hydrogens is 240 g/mol. The molecule has 0 spiro atoms. The van der Waals surface area contributed by atoms with Crippen molar-refractivity contribution in [1.29, 1.82) is 0 Å². The summed E-state index contributed by atoms with van der Waals surface area (Å²) in [6.07, 6.45) is 6.03. The first-order valence-electron chi connectivity index (χ1n) is 6.85. The number of ether oxygens (including phenoxy) is 2. The number of nitrogens with one attached hydrogen (secondary N) is 2. The van der Waals surface area contributed by atoms with Crippen molar-refractivity contribution >= 4 is 6.08 Å². The summed E-state index contributed by atoms with van der Waals surface area (Å²) in [6.45, 7) is 10.2. The van der Waals surface area contributed by atoms with Gasteiger partial charge >= 0.3 is 0 Å². The van der Waals surface area contributed by atoms with Crippen LogP contribution in [-0.4, -0.2) is 38.1 Å². The van der Waals surface area contributed by atoms with Gasteiger partial charge in [0.2, 0.25) is 0 Å². The van der Waals surface area contributed by atoms with E-state index < -0.39 is 0 Å². The highest BCUT2D eigenvalue weighted by molar-refractivity contribution is 5.51. The molecule has 0 aromatic carbocycles. The van der Waals surface area contributed by atoms with Crippen LogP contribution in [0, 0.1) is 0 Å².